The van der Waals surface area contributed by atoms with Crippen LogP contribution in [0.4, 0.5) is 4.79 Å². The number of hydrogen-bond donors (Lipinski definition) is 3. The Labute approximate surface area is 140 Å². The zero-order valence-electron chi connectivity index (χ0n) is 13.7. The second-order valence-electron chi connectivity index (χ2n) is 6.39. The predicted molar refractivity (Wildman–Crippen MR) is 88.3 cm³/mol. The number of benzene rings is 1. The standard InChI is InChI=1S/C17H22N4O3/c1-11-6-7-18-8-14(11)20-16(23)13-4-2-12(3-5-13)10-21-15(22)9-19-17(21)24/h2-5,11,14,18H,6-10H2,1H3,(H,19,24)(H,20,23). The fraction of sp³-hybridized carbons (Fsp3) is 0.471. The van der Waals surface area contributed by atoms with E-state index in [9.17, 15) is 14.4 Å². The van der Waals surface area contributed by atoms with Gasteiger partial charge in [0.1, 0.15) is 0 Å². The molecule has 0 saturated carbocycles. The van der Waals surface area contributed by atoms with Crippen LogP contribution in [-0.2, 0) is 11.3 Å². The molecule has 0 radical (unpaired) electrons. The fourth-order valence-electron chi connectivity index (χ4n) is 2.99. The van der Waals surface area contributed by atoms with Crippen molar-refractivity contribution in [3.63, 3.8) is 0 Å². The highest BCUT2D eigenvalue weighted by Gasteiger charge is 2.28. The zero-order chi connectivity index (χ0) is 17.1. The normalized spacial score (nSPS) is 24.0. The largest absolute Gasteiger partial charge is 0.348 e. The predicted octanol–water partition coefficient (Wildman–Crippen LogP) is 0.466. The van der Waals surface area contributed by atoms with Crippen molar-refractivity contribution in [2.75, 3.05) is 19.6 Å². The molecule has 0 aromatic heterocycles. The lowest BCUT2D eigenvalue weighted by molar-refractivity contribution is -0.125. The number of nitrogens with zero attached hydrogens (tertiary/aromatic N) is 1. The molecule has 1 aromatic rings. The summed E-state index contributed by atoms with van der Waals surface area (Å²) in [5.41, 5.74) is 1.39. The molecule has 1 aromatic carbocycles. The monoisotopic (exact) mass is 330 g/mol. The molecule has 2 fully saturated rings. The van der Waals surface area contributed by atoms with E-state index < -0.39 is 0 Å². The van der Waals surface area contributed by atoms with Gasteiger partial charge in [0.25, 0.3) is 5.91 Å². The van der Waals surface area contributed by atoms with Crippen LogP contribution in [0.15, 0.2) is 24.3 Å². The Bertz CT molecular complexity index is 628. The highest BCUT2D eigenvalue weighted by atomic mass is 16.2. The van der Waals surface area contributed by atoms with Crippen molar-refractivity contribution in [2.45, 2.75) is 25.9 Å². The third-order valence-corrected chi connectivity index (χ3v) is 4.64. The first-order valence-electron chi connectivity index (χ1n) is 8.23. The maximum Gasteiger partial charge on any atom is 0.324 e. The van der Waals surface area contributed by atoms with Crippen molar-refractivity contribution in [2.24, 2.45) is 5.92 Å². The number of carbonyl (C=O) groups excluding carboxylic acids is 3. The third kappa shape index (κ3) is 3.56. The van der Waals surface area contributed by atoms with E-state index in [1.54, 1.807) is 24.3 Å². The van der Waals surface area contributed by atoms with Gasteiger partial charge in [0, 0.05) is 18.2 Å². The molecule has 0 bridgehead atoms. The highest BCUT2D eigenvalue weighted by Crippen LogP contribution is 2.13. The first kappa shape index (κ1) is 16.4. The first-order chi connectivity index (χ1) is 11.5. The second kappa shape index (κ2) is 7.00. The Morgan fingerprint density at radius 1 is 1.29 bits per heavy atom. The van der Waals surface area contributed by atoms with Crippen LogP contribution in [-0.4, -0.2) is 48.4 Å². The van der Waals surface area contributed by atoms with E-state index in [2.05, 4.69) is 22.9 Å². The Balaban J connectivity index is 1.60. The molecular weight excluding hydrogens is 308 g/mol. The average Bonchev–Trinajstić information content (AvgIpc) is 2.89. The van der Waals surface area contributed by atoms with E-state index in [0.717, 1.165) is 25.1 Å². The van der Waals surface area contributed by atoms with Crippen LogP contribution in [0.1, 0.15) is 29.3 Å². The van der Waals surface area contributed by atoms with Gasteiger partial charge in [0.2, 0.25) is 5.91 Å². The summed E-state index contributed by atoms with van der Waals surface area (Å²) in [5, 5.41) is 8.84. The van der Waals surface area contributed by atoms with Gasteiger partial charge < -0.3 is 16.0 Å². The van der Waals surface area contributed by atoms with Crippen LogP contribution in [0, 0.1) is 5.92 Å². The SMILES string of the molecule is CC1CCNCC1NC(=O)c1ccc(CN2C(=O)CNC2=O)cc1. The molecule has 2 unspecified atom stereocenters. The van der Waals surface area contributed by atoms with Gasteiger partial charge in [0.05, 0.1) is 13.1 Å². The van der Waals surface area contributed by atoms with Crippen LogP contribution in [0.2, 0.25) is 0 Å². The smallest absolute Gasteiger partial charge is 0.324 e. The lowest BCUT2D eigenvalue weighted by Gasteiger charge is -2.30. The summed E-state index contributed by atoms with van der Waals surface area (Å²) < 4.78 is 0. The molecule has 4 amide bonds. The summed E-state index contributed by atoms with van der Waals surface area (Å²) in [6.45, 7) is 4.19. The molecule has 3 rings (SSSR count). The van der Waals surface area contributed by atoms with E-state index in [1.807, 2.05) is 0 Å². The van der Waals surface area contributed by atoms with Crippen molar-refractivity contribution in [1.82, 2.24) is 20.9 Å². The molecule has 2 aliphatic heterocycles. The molecule has 7 nitrogen and oxygen atoms in total. The number of urea groups is 1. The molecule has 3 N–H and O–H groups in total. The van der Waals surface area contributed by atoms with Crippen molar-refractivity contribution in [3.8, 4) is 0 Å². The Morgan fingerprint density at radius 2 is 2.04 bits per heavy atom. The summed E-state index contributed by atoms with van der Waals surface area (Å²) in [6, 6.07) is 6.76. The molecule has 0 spiro atoms. The average molecular weight is 330 g/mol. The Hall–Kier alpha value is -2.41. The van der Waals surface area contributed by atoms with E-state index in [1.165, 1.54) is 4.90 Å². The molecule has 2 saturated heterocycles. The molecule has 7 heteroatoms. The van der Waals surface area contributed by atoms with Crippen LogP contribution < -0.4 is 16.0 Å². The van der Waals surface area contributed by atoms with Crippen LogP contribution in [0.3, 0.4) is 0 Å². The van der Waals surface area contributed by atoms with Crippen LogP contribution in [0.5, 0.6) is 0 Å². The summed E-state index contributed by atoms with van der Waals surface area (Å²) in [5.74, 6) is 0.117. The van der Waals surface area contributed by atoms with Gasteiger partial charge in [0.15, 0.2) is 0 Å². The van der Waals surface area contributed by atoms with E-state index in [0.29, 0.717) is 11.5 Å². The molecule has 2 aliphatic rings. The lowest BCUT2D eigenvalue weighted by atomic mass is 9.94. The van der Waals surface area contributed by atoms with Crippen molar-refractivity contribution < 1.29 is 14.4 Å². The van der Waals surface area contributed by atoms with Gasteiger partial charge in [-0.05, 0) is 36.6 Å². The number of imide groups is 1. The molecule has 2 atom stereocenters. The molecule has 0 aliphatic carbocycles. The number of amides is 4. The Kier molecular flexibility index (Phi) is 4.80. The Morgan fingerprint density at radius 3 is 2.67 bits per heavy atom. The molecule has 24 heavy (non-hydrogen) atoms. The first-order valence-corrected chi connectivity index (χ1v) is 8.23. The number of carbonyl (C=O) groups is 3. The topological polar surface area (TPSA) is 90.5 Å². The van der Waals surface area contributed by atoms with Crippen molar-refractivity contribution in [3.05, 3.63) is 35.4 Å². The number of nitrogens with one attached hydrogen (secondary N) is 3. The minimum atomic E-state index is -0.374. The summed E-state index contributed by atoms with van der Waals surface area (Å²) in [4.78, 5) is 36.7. The number of rotatable bonds is 4. The van der Waals surface area contributed by atoms with E-state index in [4.69, 9.17) is 0 Å². The maximum absolute atomic E-state index is 12.4. The van der Waals surface area contributed by atoms with E-state index in [-0.39, 0.29) is 37.0 Å². The van der Waals surface area contributed by atoms with E-state index >= 15 is 0 Å². The van der Waals surface area contributed by atoms with Gasteiger partial charge >= 0.3 is 6.03 Å². The third-order valence-electron chi connectivity index (χ3n) is 4.64. The minimum Gasteiger partial charge on any atom is -0.348 e. The summed E-state index contributed by atoms with van der Waals surface area (Å²) in [7, 11) is 0. The lowest BCUT2D eigenvalue weighted by Crippen LogP contribution is -2.50. The van der Waals surface area contributed by atoms with Gasteiger partial charge in [-0.2, -0.15) is 0 Å². The highest BCUT2D eigenvalue weighted by molar-refractivity contribution is 6.01. The number of hydrogen-bond acceptors (Lipinski definition) is 4. The zero-order valence-corrected chi connectivity index (χ0v) is 13.7. The van der Waals surface area contributed by atoms with Crippen molar-refractivity contribution in [1.29, 1.82) is 0 Å². The fourth-order valence-corrected chi connectivity index (χ4v) is 2.99. The molecular formula is C17H22N4O3. The number of piperidine rings is 1. The molecule has 2 heterocycles. The van der Waals surface area contributed by atoms with Crippen LogP contribution in [0.25, 0.3) is 0 Å². The summed E-state index contributed by atoms with van der Waals surface area (Å²) in [6.07, 6.45) is 1.05. The second-order valence-corrected chi connectivity index (χ2v) is 6.39. The van der Waals surface area contributed by atoms with Crippen molar-refractivity contribution >= 4 is 17.8 Å². The summed E-state index contributed by atoms with van der Waals surface area (Å²) >= 11 is 0. The van der Waals surface area contributed by atoms with Gasteiger partial charge in [-0.1, -0.05) is 19.1 Å². The van der Waals surface area contributed by atoms with Crippen LogP contribution >= 0.6 is 0 Å². The van der Waals surface area contributed by atoms with Gasteiger partial charge in [-0.3, -0.25) is 14.5 Å². The quantitative estimate of drug-likeness (QED) is 0.700. The van der Waals surface area contributed by atoms with Gasteiger partial charge in [-0.15, -0.1) is 0 Å². The minimum absolute atomic E-state index is 0.0485. The van der Waals surface area contributed by atoms with Gasteiger partial charge in [-0.25, -0.2) is 4.79 Å². The maximum atomic E-state index is 12.4. The molecule has 128 valence electrons.